The average molecular weight is 261 g/mol. The Labute approximate surface area is 110 Å². The molecule has 4 heteroatoms. The molecular formula is C14H15NO2S. The average Bonchev–Trinajstić information content (AvgIpc) is 2.69. The van der Waals surface area contributed by atoms with E-state index in [0.29, 0.717) is 6.42 Å². The van der Waals surface area contributed by atoms with Crippen molar-refractivity contribution in [2.45, 2.75) is 26.7 Å². The van der Waals surface area contributed by atoms with Gasteiger partial charge in [-0.2, -0.15) is 0 Å². The molecule has 2 rings (SSSR count). The first kappa shape index (κ1) is 12.8. The number of carboxylic acid groups (broad SMARTS) is 1. The van der Waals surface area contributed by atoms with Crippen LogP contribution in [0, 0.1) is 13.8 Å². The van der Waals surface area contributed by atoms with E-state index in [9.17, 15) is 4.79 Å². The zero-order chi connectivity index (χ0) is 13.1. The van der Waals surface area contributed by atoms with E-state index in [2.05, 4.69) is 29.2 Å². The minimum Gasteiger partial charge on any atom is -0.481 e. The Morgan fingerprint density at radius 1 is 1.28 bits per heavy atom. The van der Waals surface area contributed by atoms with Gasteiger partial charge in [-0.05, 0) is 19.4 Å². The van der Waals surface area contributed by atoms with Crippen molar-refractivity contribution in [1.29, 1.82) is 0 Å². The molecule has 0 aliphatic heterocycles. The molecule has 3 nitrogen and oxygen atoms in total. The van der Waals surface area contributed by atoms with Gasteiger partial charge in [-0.15, -0.1) is 11.3 Å². The van der Waals surface area contributed by atoms with E-state index in [4.69, 9.17) is 5.11 Å². The van der Waals surface area contributed by atoms with E-state index in [0.717, 1.165) is 21.1 Å². The summed E-state index contributed by atoms with van der Waals surface area (Å²) in [7, 11) is 0. The molecule has 0 atom stereocenters. The van der Waals surface area contributed by atoms with Gasteiger partial charge in [0.05, 0.1) is 22.0 Å². The molecule has 0 aliphatic carbocycles. The molecule has 2 aromatic rings. The second-order valence-corrected chi connectivity index (χ2v) is 5.47. The second-order valence-electron chi connectivity index (χ2n) is 4.27. The van der Waals surface area contributed by atoms with E-state index >= 15 is 0 Å². The Balaban J connectivity index is 2.31. The first-order valence-electron chi connectivity index (χ1n) is 5.81. The van der Waals surface area contributed by atoms with Crippen molar-refractivity contribution in [2.24, 2.45) is 0 Å². The third-order valence-electron chi connectivity index (χ3n) is 2.69. The summed E-state index contributed by atoms with van der Waals surface area (Å²) in [6, 6.07) is 8.25. The molecule has 0 spiro atoms. The molecule has 94 valence electrons. The van der Waals surface area contributed by atoms with Gasteiger partial charge < -0.3 is 5.11 Å². The van der Waals surface area contributed by atoms with Crippen molar-refractivity contribution >= 4 is 17.3 Å². The SMILES string of the molecule is Cc1ccc(-c2sc(C)nc2CCC(=O)O)cc1. The van der Waals surface area contributed by atoms with Crippen LogP contribution >= 0.6 is 11.3 Å². The molecular weight excluding hydrogens is 246 g/mol. The number of aryl methyl sites for hydroxylation is 3. The molecule has 0 amide bonds. The molecule has 1 aromatic carbocycles. The van der Waals surface area contributed by atoms with Crippen molar-refractivity contribution < 1.29 is 9.90 Å². The van der Waals surface area contributed by atoms with Crippen LogP contribution in [0.1, 0.15) is 22.7 Å². The lowest BCUT2D eigenvalue weighted by molar-refractivity contribution is -0.136. The number of rotatable bonds is 4. The maximum Gasteiger partial charge on any atom is 0.303 e. The highest BCUT2D eigenvalue weighted by molar-refractivity contribution is 7.15. The summed E-state index contributed by atoms with van der Waals surface area (Å²) >= 11 is 1.62. The fraction of sp³-hybridized carbons (Fsp3) is 0.286. The van der Waals surface area contributed by atoms with Gasteiger partial charge in [-0.25, -0.2) is 4.98 Å². The number of benzene rings is 1. The molecule has 0 aliphatic rings. The van der Waals surface area contributed by atoms with Gasteiger partial charge in [0.2, 0.25) is 0 Å². The monoisotopic (exact) mass is 261 g/mol. The van der Waals surface area contributed by atoms with Crippen molar-refractivity contribution in [3.05, 3.63) is 40.5 Å². The number of thiazole rings is 1. The van der Waals surface area contributed by atoms with Crippen molar-refractivity contribution in [3.63, 3.8) is 0 Å². The third kappa shape index (κ3) is 2.96. The van der Waals surface area contributed by atoms with Gasteiger partial charge >= 0.3 is 5.97 Å². The van der Waals surface area contributed by atoms with Crippen molar-refractivity contribution in [2.75, 3.05) is 0 Å². The Kier molecular flexibility index (Phi) is 3.77. The minimum atomic E-state index is -0.782. The van der Waals surface area contributed by atoms with Crippen molar-refractivity contribution in [3.8, 4) is 10.4 Å². The predicted octanol–water partition coefficient (Wildman–Crippen LogP) is 3.44. The van der Waals surface area contributed by atoms with Crippen LogP contribution < -0.4 is 0 Å². The lowest BCUT2D eigenvalue weighted by Crippen LogP contribution is -1.98. The van der Waals surface area contributed by atoms with Gasteiger partial charge in [-0.3, -0.25) is 4.79 Å². The summed E-state index contributed by atoms with van der Waals surface area (Å²) in [6.45, 7) is 4.00. The number of aromatic nitrogens is 1. The summed E-state index contributed by atoms with van der Waals surface area (Å²) in [6.07, 6.45) is 0.616. The first-order valence-corrected chi connectivity index (χ1v) is 6.63. The summed E-state index contributed by atoms with van der Waals surface area (Å²) < 4.78 is 0. The van der Waals surface area contributed by atoms with E-state index in [-0.39, 0.29) is 6.42 Å². The quantitative estimate of drug-likeness (QED) is 0.917. The highest BCUT2D eigenvalue weighted by Crippen LogP contribution is 2.31. The number of hydrogen-bond donors (Lipinski definition) is 1. The topological polar surface area (TPSA) is 50.2 Å². The molecule has 0 saturated heterocycles. The van der Waals surface area contributed by atoms with Crippen LogP contribution in [-0.4, -0.2) is 16.1 Å². The van der Waals surface area contributed by atoms with Crippen LogP contribution in [0.5, 0.6) is 0 Å². The number of aliphatic carboxylic acids is 1. The van der Waals surface area contributed by atoms with Gasteiger partial charge in [0.1, 0.15) is 0 Å². The van der Waals surface area contributed by atoms with Crippen LogP contribution in [0.3, 0.4) is 0 Å². The highest BCUT2D eigenvalue weighted by atomic mass is 32.1. The second kappa shape index (κ2) is 5.31. The van der Waals surface area contributed by atoms with Gasteiger partial charge in [0.15, 0.2) is 0 Å². The fourth-order valence-corrected chi connectivity index (χ4v) is 2.77. The fourth-order valence-electron chi connectivity index (χ4n) is 1.80. The van der Waals surface area contributed by atoms with Crippen LogP contribution in [-0.2, 0) is 11.2 Å². The lowest BCUT2D eigenvalue weighted by Gasteiger charge is -2.02. The molecule has 1 N–H and O–H groups in total. The number of hydrogen-bond acceptors (Lipinski definition) is 3. The first-order chi connectivity index (χ1) is 8.56. The Hall–Kier alpha value is -1.68. The standard InChI is InChI=1S/C14H15NO2S/c1-9-3-5-11(6-4-9)14-12(7-8-13(16)17)15-10(2)18-14/h3-6H,7-8H2,1-2H3,(H,16,17). The predicted molar refractivity (Wildman–Crippen MR) is 73.0 cm³/mol. The molecule has 0 unspecified atom stereocenters. The van der Waals surface area contributed by atoms with E-state index in [1.165, 1.54) is 5.56 Å². The molecule has 1 aromatic heterocycles. The lowest BCUT2D eigenvalue weighted by atomic mass is 10.1. The largest absolute Gasteiger partial charge is 0.481 e. The molecule has 0 fully saturated rings. The van der Waals surface area contributed by atoms with Crippen LogP contribution in [0.25, 0.3) is 10.4 Å². The normalized spacial score (nSPS) is 10.6. The smallest absolute Gasteiger partial charge is 0.303 e. The zero-order valence-corrected chi connectivity index (χ0v) is 11.3. The van der Waals surface area contributed by atoms with Gasteiger partial charge in [0.25, 0.3) is 0 Å². The summed E-state index contributed by atoms with van der Waals surface area (Å²) in [5.41, 5.74) is 3.22. The summed E-state index contributed by atoms with van der Waals surface area (Å²) in [5.74, 6) is -0.782. The molecule has 1 heterocycles. The molecule has 18 heavy (non-hydrogen) atoms. The highest BCUT2D eigenvalue weighted by Gasteiger charge is 2.12. The zero-order valence-electron chi connectivity index (χ0n) is 10.4. The summed E-state index contributed by atoms with van der Waals surface area (Å²) in [5, 5.41) is 9.73. The molecule has 0 radical (unpaired) electrons. The molecule has 0 saturated carbocycles. The van der Waals surface area contributed by atoms with Crippen LogP contribution in [0.4, 0.5) is 0 Å². The number of carbonyl (C=O) groups is 1. The van der Waals surface area contributed by atoms with Crippen LogP contribution in [0.15, 0.2) is 24.3 Å². The Bertz CT molecular complexity index is 558. The number of nitrogens with zero attached hydrogens (tertiary/aromatic N) is 1. The van der Waals surface area contributed by atoms with Gasteiger partial charge in [0, 0.05) is 6.42 Å². The van der Waals surface area contributed by atoms with Crippen molar-refractivity contribution in [1.82, 2.24) is 4.98 Å². The maximum atomic E-state index is 10.6. The molecule has 0 bridgehead atoms. The maximum absolute atomic E-state index is 10.6. The van der Waals surface area contributed by atoms with Crippen LogP contribution in [0.2, 0.25) is 0 Å². The number of carboxylic acids is 1. The summed E-state index contributed by atoms with van der Waals surface area (Å²) in [4.78, 5) is 16.2. The van der Waals surface area contributed by atoms with Gasteiger partial charge in [-0.1, -0.05) is 29.8 Å². The van der Waals surface area contributed by atoms with E-state index in [1.807, 2.05) is 13.8 Å². The van der Waals surface area contributed by atoms with E-state index in [1.54, 1.807) is 11.3 Å². The minimum absolute atomic E-state index is 0.127. The third-order valence-corrected chi connectivity index (χ3v) is 3.76. The Morgan fingerprint density at radius 2 is 1.94 bits per heavy atom. The Morgan fingerprint density at radius 3 is 2.56 bits per heavy atom. The van der Waals surface area contributed by atoms with E-state index < -0.39 is 5.97 Å².